The highest BCUT2D eigenvalue weighted by molar-refractivity contribution is 5.35. The second-order valence-corrected chi connectivity index (χ2v) is 5.16. The SMILES string of the molecule is CCNc1ccc(CN2CCN(C)CC2C)cn1. The molecule has 0 saturated carbocycles. The van der Waals surface area contributed by atoms with E-state index in [2.05, 4.69) is 53.1 Å². The molecule has 1 aromatic rings. The largest absolute Gasteiger partial charge is 0.370 e. The predicted octanol–water partition coefficient (Wildman–Crippen LogP) is 1.65. The summed E-state index contributed by atoms with van der Waals surface area (Å²) in [6.07, 6.45) is 1.99. The Morgan fingerprint density at radius 3 is 2.83 bits per heavy atom. The molecule has 0 amide bonds. The summed E-state index contributed by atoms with van der Waals surface area (Å²) in [7, 11) is 2.20. The van der Waals surface area contributed by atoms with Gasteiger partial charge in [0.25, 0.3) is 0 Å². The van der Waals surface area contributed by atoms with Gasteiger partial charge in [-0.2, -0.15) is 0 Å². The van der Waals surface area contributed by atoms with Gasteiger partial charge < -0.3 is 10.2 Å². The molecule has 1 aliphatic rings. The summed E-state index contributed by atoms with van der Waals surface area (Å²) in [6, 6.07) is 4.87. The first-order valence-electron chi connectivity index (χ1n) is 6.80. The van der Waals surface area contributed by atoms with Crippen molar-refractivity contribution >= 4 is 5.82 Å². The third kappa shape index (κ3) is 3.43. The van der Waals surface area contributed by atoms with Gasteiger partial charge in [0.05, 0.1) is 0 Å². The molecule has 1 saturated heterocycles. The van der Waals surface area contributed by atoms with Crippen LogP contribution < -0.4 is 5.32 Å². The lowest BCUT2D eigenvalue weighted by Gasteiger charge is -2.38. The maximum absolute atomic E-state index is 4.43. The van der Waals surface area contributed by atoms with Crippen LogP contribution in [0.4, 0.5) is 5.82 Å². The number of rotatable bonds is 4. The van der Waals surface area contributed by atoms with Gasteiger partial charge in [-0.3, -0.25) is 4.90 Å². The first-order chi connectivity index (χ1) is 8.69. The standard InChI is InChI=1S/C14H24N4/c1-4-15-14-6-5-13(9-16-14)11-18-8-7-17(3)10-12(18)2/h5-6,9,12H,4,7-8,10-11H2,1-3H3,(H,15,16). The van der Waals surface area contributed by atoms with Crippen LogP contribution in [0.15, 0.2) is 18.3 Å². The molecular weight excluding hydrogens is 224 g/mol. The zero-order valence-electron chi connectivity index (χ0n) is 11.7. The van der Waals surface area contributed by atoms with E-state index in [9.17, 15) is 0 Å². The highest BCUT2D eigenvalue weighted by Gasteiger charge is 2.21. The van der Waals surface area contributed by atoms with Crippen LogP contribution in [-0.2, 0) is 6.54 Å². The number of pyridine rings is 1. The van der Waals surface area contributed by atoms with Gasteiger partial charge in [0.1, 0.15) is 5.82 Å². The zero-order valence-corrected chi connectivity index (χ0v) is 11.7. The van der Waals surface area contributed by atoms with E-state index in [1.165, 1.54) is 5.56 Å². The third-order valence-corrected chi connectivity index (χ3v) is 3.54. The Balaban J connectivity index is 1.92. The van der Waals surface area contributed by atoms with Gasteiger partial charge in [0.2, 0.25) is 0 Å². The van der Waals surface area contributed by atoms with E-state index in [0.29, 0.717) is 6.04 Å². The summed E-state index contributed by atoms with van der Waals surface area (Å²) in [6.45, 7) is 9.77. The Morgan fingerprint density at radius 1 is 1.39 bits per heavy atom. The average Bonchev–Trinajstić information content (AvgIpc) is 2.35. The molecule has 1 fully saturated rings. The van der Waals surface area contributed by atoms with Gasteiger partial charge in [0.15, 0.2) is 0 Å². The van der Waals surface area contributed by atoms with Crippen LogP contribution in [-0.4, -0.2) is 54.1 Å². The van der Waals surface area contributed by atoms with Crippen LogP contribution in [0.1, 0.15) is 19.4 Å². The van der Waals surface area contributed by atoms with Crippen molar-refractivity contribution in [3.63, 3.8) is 0 Å². The summed E-state index contributed by atoms with van der Waals surface area (Å²) in [4.78, 5) is 9.35. The second-order valence-electron chi connectivity index (χ2n) is 5.16. The molecule has 1 aliphatic heterocycles. The van der Waals surface area contributed by atoms with Crippen LogP contribution >= 0.6 is 0 Å². The minimum atomic E-state index is 0.622. The number of likely N-dealkylation sites (N-methyl/N-ethyl adjacent to an activating group) is 1. The molecule has 2 heterocycles. The first-order valence-corrected chi connectivity index (χ1v) is 6.80. The summed E-state index contributed by atoms with van der Waals surface area (Å²) in [5.41, 5.74) is 1.30. The van der Waals surface area contributed by atoms with Crippen LogP contribution in [0.2, 0.25) is 0 Å². The van der Waals surface area contributed by atoms with E-state index in [1.54, 1.807) is 0 Å². The van der Waals surface area contributed by atoms with Crippen molar-refractivity contribution in [3.05, 3.63) is 23.9 Å². The van der Waals surface area contributed by atoms with Crippen molar-refractivity contribution < 1.29 is 0 Å². The fraction of sp³-hybridized carbons (Fsp3) is 0.643. The molecule has 1 unspecified atom stereocenters. The molecule has 0 aromatic carbocycles. The maximum atomic E-state index is 4.43. The van der Waals surface area contributed by atoms with E-state index in [0.717, 1.165) is 38.5 Å². The lowest BCUT2D eigenvalue weighted by molar-refractivity contribution is 0.0937. The van der Waals surface area contributed by atoms with E-state index < -0.39 is 0 Å². The van der Waals surface area contributed by atoms with E-state index in [4.69, 9.17) is 0 Å². The maximum Gasteiger partial charge on any atom is 0.125 e. The van der Waals surface area contributed by atoms with E-state index >= 15 is 0 Å². The molecule has 0 bridgehead atoms. The van der Waals surface area contributed by atoms with Crippen molar-refractivity contribution in [1.82, 2.24) is 14.8 Å². The van der Waals surface area contributed by atoms with Crippen LogP contribution in [0.25, 0.3) is 0 Å². The number of anilines is 1. The summed E-state index contributed by atoms with van der Waals surface area (Å²) in [5.74, 6) is 0.965. The third-order valence-electron chi connectivity index (χ3n) is 3.54. The minimum Gasteiger partial charge on any atom is -0.370 e. The van der Waals surface area contributed by atoms with Crippen LogP contribution in [0, 0.1) is 0 Å². The van der Waals surface area contributed by atoms with Crippen molar-refractivity contribution in [3.8, 4) is 0 Å². The molecule has 4 nitrogen and oxygen atoms in total. The molecule has 100 valence electrons. The highest BCUT2D eigenvalue weighted by atomic mass is 15.3. The van der Waals surface area contributed by atoms with Gasteiger partial charge in [-0.05, 0) is 32.5 Å². The molecule has 1 atom stereocenters. The zero-order chi connectivity index (χ0) is 13.0. The Kier molecular flexibility index (Phi) is 4.55. The van der Waals surface area contributed by atoms with Gasteiger partial charge in [-0.15, -0.1) is 0 Å². The lowest BCUT2D eigenvalue weighted by Crippen LogP contribution is -2.49. The lowest BCUT2D eigenvalue weighted by atomic mass is 10.1. The Hall–Kier alpha value is -1.13. The fourth-order valence-electron chi connectivity index (χ4n) is 2.45. The van der Waals surface area contributed by atoms with Crippen LogP contribution in [0.3, 0.4) is 0 Å². The summed E-state index contributed by atoms with van der Waals surface area (Å²) >= 11 is 0. The van der Waals surface area contributed by atoms with E-state index in [-0.39, 0.29) is 0 Å². The predicted molar refractivity (Wildman–Crippen MR) is 75.8 cm³/mol. The second kappa shape index (κ2) is 6.16. The molecule has 0 spiro atoms. The number of nitrogens with zero attached hydrogens (tertiary/aromatic N) is 3. The Morgan fingerprint density at radius 2 is 2.22 bits per heavy atom. The molecule has 0 aliphatic carbocycles. The highest BCUT2D eigenvalue weighted by Crippen LogP contribution is 2.13. The summed E-state index contributed by atoms with van der Waals surface area (Å²) in [5, 5.41) is 3.22. The normalized spacial score (nSPS) is 22.1. The van der Waals surface area contributed by atoms with Gasteiger partial charge in [-0.25, -0.2) is 4.98 Å². The van der Waals surface area contributed by atoms with Crippen LogP contribution in [0.5, 0.6) is 0 Å². The smallest absolute Gasteiger partial charge is 0.125 e. The molecule has 4 heteroatoms. The Labute approximate surface area is 110 Å². The fourth-order valence-corrected chi connectivity index (χ4v) is 2.45. The average molecular weight is 248 g/mol. The molecule has 18 heavy (non-hydrogen) atoms. The number of hydrogen-bond donors (Lipinski definition) is 1. The topological polar surface area (TPSA) is 31.4 Å². The first kappa shape index (κ1) is 13.3. The minimum absolute atomic E-state index is 0.622. The van der Waals surface area contributed by atoms with Crippen molar-refractivity contribution in [2.75, 3.05) is 38.5 Å². The molecule has 1 aromatic heterocycles. The quantitative estimate of drug-likeness (QED) is 0.878. The van der Waals surface area contributed by atoms with Crippen molar-refractivity contribution in [2.24, 2.45) is 0 Å². The Bertz CT molecular complexity index is 363. The summed E-state index contributed by atoms with van der Waals surface area (Å²) < 4.78 is 0. The monoisotopic (exact) mass is 248 g/mol. The van der Waals surface area contributed by atoms with E-state index in [1.807, 2.05) is 6.20 Å². The number of piperazine rings is 1. The number of nitrogens with one attached hydrogen (secondary N) is 1. The van der Waals surface area contributed by atoms with Gasteiger partial charge in [-0.1, -0.05) is 6.07 Å². The van der Waals surface area contributed by atoms with Crippen molar-refractivity contribution in [2.45, 2.75) is 26.4 Å². The molecule has 1 N–H and O–H groups in total. The van der Waals surface area contributed by atoms with Gasteiger partial charge in [0, 0.05) is 45.0 Å². The van der Waals surface area contributed by atoms with Crippen molar-refractivity contribution in [1.29, 1.82) is 0 Å². The number of aromatic nitrogens is 1. The molecule has 0 radical (unpaired) electrons. The number of hydrogen-bond acceptors (Lipinski definition) is 4. The molecule has 2 rings (SSSR count). The van der Waals surface area contributed by atoms with Gasteiger partial charge >= 0.3 is 0 Å². The molecular formula is C14H24N4.